The maximum Gasteiger partial charge on any atom is 0.267 e. The Morgan fingerprint density at radius 3 is 2.79 bits per heavy atom. The number of halogens is 4. The topological polar surface area (TPSA) is 30.7 Å². The first kappa shape index (κ1) is 12.7. The van der Waals surface area contributed by atoms with Crippen molar-refractivity contribution < 1.29 is 13.2 Å². The van der Waals surface area contributed by atoms with Gasteiger partial charge in [-0.2, -0.15) is 5.10 Å². The van der Waals surface area contributed by atoms with Crippen LogP contribution in [0.3, 0.4) is 0 Å². The van der Waals surface area contributed by atoms with Crippen LogP contribution in [-0.2, 0) is 13.0 Å². The van der Waals surface area contributed by atoms with Gasteiger partial charge in [-0.1, -0.05) is 0 Å². The lowest BCUT2D eigenvalue weighted by Crippen LogP contribution is -2.31. The largest absolute Gasteiger partial charge is 0.267 e. The molecule has 0 amide bonds. The fraction of sp³-hybridized carbons (Fsp3) is 0.333. The van der Waals surface area contributed by atoms with Gasteiger partial charge in [-0.25, -0.2) is 13.2 Å². The Morgan fingerprint density at radius 2 is 2.11 bits per heavy atom. The van der Waals surface area contributed by atoms with E-state index in [1.54, 1.807) is 0 Å². The van der Waals surface area contributed by atoms with Crippen molar-refractivity contribution in [2.45, 2.75) is 25.3 Å². The van der Waals surface area contributed by atoms with E-state index in [4.69, 9.17) is 0 Å². The summed E-state index contributed by atoms with van der Waals surface area (Å²) in [6.07, 6.45) is 1.14. The van der Waals surface area contributed by atoms with Gasteiger partial charge in [-0.05, 0) is 34.5 Å². The van der Waals surface area contributed by atoms with Crippen LogP contribution in [0.4, 0.5) is 13.2 Å². The predicted octanol–water partition coefficient (Wildman–Crippen LogP) is 3.43. The highest BCUT2D eigenvalue weighted by atomic mass is 79.9. The van der Waals surface area contributed by atoms with Crippen molar-refractivity contribution >= 4 is 15.9 Å². The summed E-state index contributed by atoms with van der Waals surface area (Å²) in [4.78, 5) is 3.92. The number of hydrogen-bond donors (Lipinski definition) is 0. The summed E-state index contributed by atoms with van der Waals surface area (Å²) in [5.74, 6) is -3.18. The second-order valence-electron chi connectivity index (χ2n) is 4.48. The van der Waals surface area contributed by atoms with Crippen LogP contribution in [0.15, 0.2) is 22.8 Å². The highest BCUT2D eigenvalue weighted by molar-refractivity contribution is 9.10. The van der Waals surface area contributed by atoms with Crippen molar-refractivity contribution in [1.82, 2.24) is 14.8 Å². The van der Waals surface area contributed by atoms with E-state index >= 15 is 0 Å². The lowest BCUT2D eigenvalue weighted by atomic mass is 10.1. The van der Waals surface area contributed by atoms with Crippen molar-refractivity contribution in [2.75, 3.05) is 0 Å². The van der Waals surface area contributed by atoms with E-state index in [1.807, 2.05) is 0 Å². The fourth-order valence-corrected chi connectivity index (χ4v) is 2.81. The minimum Gasteiger partial charge on any atom is -0.262 e. The number of pyridine rings is 1. The molecule has 0 spiro atoms. The molecule has 3 heterocycles. The third-order valence-electron chi connectivity index (χ3n) is 3.07. The molecule has 0 fully saturated rings. The summed E-state index contributed by atoms with van der Waals surface area (Å²) in [6, 6.07) is 2.74. The van der Waals surface area contributed by atoms with Crippen molar-refractivity contribution in [1.29, 1.82) is 0 Å². The van der Waals surface area contributed by atoms with Crippen LogP contribution in [0.5, 0.6) is 0 Å². The number of aromatic nitrogens is 3. The van der Waals surface area contributed by atoms with E-state index < -0.39 is 18.3 Å². The third kappa shape index (κ3) is 2.27. The number of hydrogen-bond acceptors (Lipinski definition) is 2. The molecule has 100 valence electrons. The Bertz CT molecular complexity index is 622. The molecule has 0 unspecified atom stereocenters. The van der Waals surface area contributed by atoms with Crippen LogP contribution in [0.25, 0.3) is 11.4 Å². The second-order valence-corrected chi connectivity index (χ2v) is 5.28. The first-order valence-corrected chi connectivity index (χ1v) is 6.50. The maximum absolute atomic E-state index is 13.3. The van der Waals surface area contributed by atoms with Crippen LogP contribution in [0, 0.1) is 5.82 Å². The van der Waals surface area contributed by atoms with Gasteiger partial charge in [0.05, 0.1) is 22.1 Å². The molecule has 0 aromatic carbocycles. The summed E-state index contributed by atoms with van der Waals surface area (Å²) in [7, 11) is 0. The molecule has 2 aromatic rings. The first-order chi connectivity index (χ1) is 8.96. The molecule has 0 saturated carbocycles. The van der Waals surface area contributed by atoms with Gasteiger partial charge in [0.25, 0.3) is 5.92 Å². The van der Waals surface area contributed by atoms with E-state index in [9.17, 15) is 13.2 Å². The Hall–Kier alpha value is -1.37. The molecule has 3 nitrogen and oxygen atoms in total. The SMILES string of the molecule is Fc1ccc(-c2nn3c(c2Br)CCC(F)(F)C3)nc1. The molecule has 0 N–H and O–H groups in total. The van der Waals surface area contributed by atoms with Crippen LogP contribution < -0.4 is 0 Å². The number of fused-ring (bicyclic) bond motifs is 1. The quantitative estimate of drug-likeness (QED) is 0.801. The molecule has 1 aliphatic rings. The van der Waals surface area contributed by atoms with Gasteiger partial charge in [0.1, 0.15) is 18.1 Å². The molecule has 0 saturated heterocycles. The minimum atomic E-state index is -2.73. The molecule has 0 radical (unpaired) electrons. The Balaban J connectivity index is 2.05. The average Bonchev–Trinajstić information content (AvgIpc) is 2.65. The summed E-state index contributed by atoms with van der Waals surface area (Å²) >= 11 is 3.37. The second kappa shape index (κ2) is 4.33. The summed E-state index contributed by atoms with van der Waals surface area (Å²) in [5.41, 5.74) is 1.65. The van der Waals surface area contributed by atoms with Gasteiger partial charge in [0.15, 0.2) is 0 Å². The zero-order valence-corrected chi connectivity index (χ0v) is 11.3. The Labute approximate surface area is 115 Å². The summed E-state index contributed by atoms with van der Waals surface area (Å²) in [6.45, 7) is -0.428. The van der Waals surface area contributed by atoms with Gasteiger partial charge >= 0.3 is 0 Å². The standard InChI is InChI=1S/C12H9BrF3N3/c13-10-9-3-4-12(15,16)6-19(9)18-11(10)8-2-1-7(14)5-17-8/h1-2,5H,3-4,6H2. The molecular formula is C12H9BrF3N3. The Morgan fingerprint density at radius 1 is 1.32 bits per heavy atom. The number of nitrogens with zero attached hydrogens (tertiary/aromatic N) is 3. The zero-order chi connectivity index (χ0) is 13.6. The molecule has 1 aliphatic heterocycles. The van der Waals surface area contributed by atoms with Gasteiger partial charge in [0, 0.05) is 6.42 Å². The van der Waals surface area contributed by atoms with Crippen LogP contribution in [0.1, 0.15) is 12.1 Å². The van der Waals surface area contributed by atoms with Crippen LogP contribution >= 0.6 is 15.9 Å². The summed E-state index contributed by atoms with van der Waals surface area (Å²) < 4.78 is 41.5. The van der Waals surface area contributed by atoms with E-state index in [-0.39, 0.29) is 12.8 Å². The lowest BCUT2D eigenvalue weighted by molar-refractivity contribution is -0.0379. The normalized spacial score (nSPS) is 17.3. The van der Waals surface area contributed by atoms with Gasteiger partial charge in [-0.3, -0.25) is 9.67 Å². The molecule has 2 aromatic heterocycles. The molecular weight excluding hydrogens is 323 g/mol. The van der Waals surface area contributed by atoms with E-state index in [2.05, 4.69) is 26.0 Å². The first-order valence-electron chi connectivity index (χ1n) is 5.71. The molecule has 19 heavy (non-hydrogen) atoms. The molecule has 0 aliphatic carbocycles. The average molecular weight is 332 g/mol. The lowest BCUT2D eigenvalue weighted by Gasteiger charge is -2.22. The highest BCUT2D eigenvalue weighted by Crippen LogP contribution is 2.36. The van der Waals surface area contributed by atoms with Crippen molar-refractivity contribution in [3.63, 3.8) is 0 Å². The van der Waals surface area contributed by atoms with Crippen LogP contribution in [0.2, 0.25) is 0 Å². The van der Waals surface area contributed by atoms with Crippen molar-refractivity contribution in [3.05, 3.63) is 34.3 Å². The third-order valence-corrected chi connectivity index (χ3v) is 3.91. The van der Waals surface area contributed by atoms with Gasteiger partial charge < -0.3 is 0 Å². The van der Waals surface area contributed by atoms with Gasteiger partial charge in [-0.15, -0.1) is 0 Å². The van der Waals surface area contributed by atoms with E-state index in [1.165, 1.54) is 16.8 Å². The number of alkyl halides is 2. The smallest absolute Gasteiger partial charge is 0.262 e. The zero-order valence-electron chi connectivity index (χ0n) is 9.71. The monoisotopic (exact) mass is 331 g/mol. The molecule has 0 atom stereocenters. The van der Waals surface area contributed by atoms with Crippen molar-refractivity contribution in [3.8, 4) is 11.4 Å². The molecule has 3 rings (SSSR count). The molecule has 0 bridgehead atoms. The Kier molecular flexibility index (Phi) is 2.88. The van der Waals surface area contributed by atoms with Gasteiger partial charge in [0.2, 0.25) is 0 Å². The van der Waals surface area contributed by atoms with Crippen LogP contribution in [-0.4, -0.2) is 20.7 Å². The molecule has 7 heteroatoms. The highest BCUT2D eigenvalue weighted by Gasteiger charge is 2.36. The maximum atomic E-state index is 13.3. The fourth-order valence-electron chi connectivity index (χ4n) is 2.12. The summed E-state index contributed by atoms with van der Waals surface area (Å²) in [5, 5.41) is 4.15. The number of rotatable bonds is 1. The predicted molar refractivity (Wildman–Crippen MR) is 66.4 cm³/mol. The van der Waals surface area contributed by atoms with E-state index in [0.717, 1.165) is 11.9 Å². The van der Waals surface area contributed by atoms with E-state index in [0.29, 0.717) is 15.9 Å². The van der Waals surface area contributed by atoms with Crippen molar-refractivity contribution in [2.24, 2.45) is 0 Å². The minimum absolute atomic E-state index is 0.187.